The topological polar surface area (TPSA) is 103 Å². The first-order chi connectivity index (χ1) is 7.16. The van der Waals surface area contributed by atoms with Crippen molar-refractivity contribution in [1.82, 2.24) is 20.8 Å². The molecule has 1 amide bonds. The van der Waals surface area contributed by atoms with Crippen molar-refractivity contribution in [3.63, 3.8) is 0 Å². The van der Waals surface area contributed by atoms with E-state index in [-0.39, 0.29) is 0 Å². The number of hydrogen-bond acceptors (Lipinski definition) is 6. The number of aromatic nitrogens is 3. The van der Waals surface area contributed by atoms with Gasteiger partial charge >= 0.3 is 6.09 Å². The van der Waals surface area contributed by atoms with Crippen molar-refractivity contribution >= 4 is 6.09 Å². The summed E-state index contributed by atoms with van der Waals surface area (Å²) in [5, 5.41) is 10.1. The lowest BCUT2D eigenvalue weighted by molar-refractivity contribution is 0.133. The number of carbonyl (C=O) groups is 1. The summed E-state index contributed by atoms with van der Waals surface area (Å²) < 4.78 is 4.58. The number of hydrogen-bond donors (Lipinski definition) is 2. The van der Waals surface area contributed by atoms with Crippen LogP contribution >= 0.6 is 0 Å². The minimum atomic E-state index is -0.580. The molecular formula is C8H15N5O2. The van der Waals surface area contributed by atoms with Gasteiger partial charge in [0.05, 0.1) is 19.0 Å². The van der Waals surface area contributed by atoms with Crippen molar-refractivity contribution < 1.29 is 9.53 Å². The highest BCUT2D eigenvalue weighted by Gasteiger charge is 1.98. The van der Waals surface area contributed by atoms with Gasteiger partial charge < -0.3 is 4.74 Å². The Morgan fingerprint density at radius 3 is 2.33 bits per heavy atom. The predicted molar refractivity (Wildman–Crippen MR) is 53.3 cm³/mol. The van der Waals surface area contributed by atoms with Crippen molar-refractivity contribution in [2.75, 3.05) is 6.61 Å². The minimum Gasteiger partial charge on any atom is -0.448 e. The first-order valence-corrected chi connectivity index (χ1v) is 4.38. The average Bonchev–Trinajstić information content (AvgIpc) is 2.29. The molecule has 0 saturated carbocycles. The van der Waals surface area contributed by atoms with Crippen molar-refractivity contribution in [2.45, 2.75) is 13.8 Å². The molecule has 7 nitrogen and oxygen atoms in total. The molecule has 1 rings (SSSR count). The van der Waals surface area contributed by atoms with Gasteiger partial charge in [0.25, 0.3) is 0 Å². The van der Waals surface area contributed by atoms with Gasteiger partial charge in [0.2, 0.25) is 0 Å². The number of carbonyl (C=O) groups excluding carboxylic acids is 1. The summed E-state index contributed by atoms with van der Waals surface area (Å²) in [6.45, 7) is 4.30. The molecule has 0 radical (unpaired) electrons. The summed E-state index contributed by atoms with van der Waals surface area (Å²) in [4.78, 5) is 10.3. The summed E-state index contributed by atoms with van der Waals surface area (Å²) in [5.41, 5.74) is 1.86. The quantitative estimate of drug-likeness (QED) is 0.410. The number of nitrogens with one attached hydrogen (secondary N) is 1. The Bertz CT molecular complexity index is 228. The second kappa shape index (κ2) is 8.82. The summed E-state index contributed by atoms with van der Waals surface area (Å²) >= 11 is 0. The first kappa shape index (κ1) is 13.2. The summed E-state index contributed by atoms with van der Waals surface area (Å²) in [6, 6.07) is 1.72. The molecule has 1 aromatic rings. The normalized spacial score (nSPS) is 8.80. The molecule has 0 aliphatic heterocycles. The molecule has 0 aromatic carbocycles. The molecular weight excluding hydrogens is 198 g/mol. The molecule has 0 aliphatic carbocycles. The molecule has 7 heteroatoms. The largest absolute Gasteiger partial charge is 0.448 e. The summed E-state index contributed by atoms with van der Waals surface area (Å²) in [7, 11) is 0. The summed E-state index contributed by atoms with van der Waals surface area (Å²) in [6.07, 6.45) is 2.57. The first-order valence-electron chi connectivity index (χ1n) is 4.38. The molecule has 0 fully saturated rings. The standard InChI is InChI=1S/C5H12N2O2.C3H3N3/c1-4(2)3-9-5(8)7-6;1-2-4-6-5-3-1/h4H,3,6H2,1-2H3,(H,7,8);1-3H. The highest BCUT2D eigenvalue weighted by Crippen LogP contribution is 1.91. The number of nitrogens with two attached hydrogens (primary N) is 1. The Kier molecular flexibility index (Phi) is 7.79. The third-order valence-corrected chi connectivity index (χ3v) is 1.07. The Labute approximate surface area is 88.0 Å². The fourth-order valence-electron chi connectivity index (χ4n) is 0.489. The number of amides is 1. The van der Waals surface area contributed by atoms with Gasteiger partial charge in [-0.2, -0.15) is 0 Å². The van der Waals surface area contributed by atoms with Gasteiger partial charge in [-0.1, -0.05) is 13.8 Å². The second-order valence-electron chi connectivity index (χ2n) is 2.95. The van der Waals surface area contributed by atoms with Crippen molar-refractivity contribution in [3.8, 4) is 0 Å². The maximum Gasteiger partial charge on any atom is 0.421 e. The van der Waals surface area contributed by atoms with Gasteiger partial charge in [0.15, 0.2) is 0 Å². The second-order valence-corrected chi connectivity index (χ2v) is 2.95. The van der Waals surface area contributed by atoms with E-state index in [1.807, 2.05) is 19.3 Å². The van der Waals surface area contributed by atoms with Crippen LogP contribution in [0.2, 0.25) is 0 Å². The van der Waals surface area contributed by atoms with Crippen LogP contribution in [0.25, 0.3) is 0 Å². The molecule has 0 saturated heterocycles. The van der Waals surface area contributed by atoms with Crippen LogP contribution in [0.15, 0.2) is 18.5 Å². The van der Waals surface area contributed by atoms with Gasteiger partial charge in [-0.25, -0.2) is 10.6 Å². The van der Waals surface area contributed by atoms with Crippen molar-refractivity contribution in [2.24, 2.45) is 11.8 Å². The third-order valence-electron chi connectivity index (χ3n) is 1.07. The van der Waals surface area contributed by atoms with Crippen molar-refractivity contribution in [3.05, 3.63) is 18.5 Å². The van der Waals surface area contributed by atoms with Crippen LogP contribution in [0.1, 0.15) is 13.8 Å². The van der Waals surface area contributed by atoms with E-state index < -0.39 is 6.09 Å². The third kappa shape index (κ3) is 10.2. The molecule has 1 heterocycles. The lowest BCUT2D eigenvalue weighted by atomic mass is 10.2. The Hall–Kier alpha value is -1.76. The number of rotatable bonds is 2. The Balaban J connectivity index is 0.000000280. The molecule has 0 atom stereocenters. The lowest BCUT2D eigenvalue weighted by Crippen LogP contribution is -2.31. The summed E-state index contributed by atoms with van der Waals surface area (Å²) in [5.74, 6) is 5.08. The maximum atomic E-state index is 10.3. The smallest absolute Gasteiger partial charge is 0.421 e. The lowest BCUT2D eigenvalue weighted by Gasteiger charge is -2.04. The fraction of sp³-hybridized carbons (Fsp3) is 0.500. The molecule has 15 heavy (non-hydrogen) atoms. The SMILES string of the molecule is CC(C)COC(=O)NN.c1cnnnc1. The predicted octanol–water partition coefficient (Wildman–Crippen LogP) is 0.114. The molecule has 0 aliphatic rings. The molecule has 1 aromatic heterocycles. The Morgan fingerprint density at radius 2 is 2.07 bits per heavy atom. The number of ether oxygens (including phenoxy) is 1. The zero-order valence-electron chi connectivity index (χ0n) is 8.75. The van der Waals surface area contributed by atoms with E-state index >= 15 is 0 Å². The molecule has 0 bridgehead atoms. The molecule has 0 unspecified atom stereocenters. The van der Waals surface area contributed by atoms with Crippen LogP contribution in [0, 0.1) is 5.92 Å². The zero-order chi connectivity index (χ0) is 11.5. The monoisotopic (exact) mass is 213 g/mol. The molecule has 84 valence electrons. The number of nitrogens with zero attached hydrogens (tertiary/aromatic N) is 3. The van der Waals surface area contributed by atoms with E-state index in [1.54, 1.807) is 18.5 Å². The Morgan fingerprint density at radius 1 is 1.47 bits per heavy atom. The van der Waals surface area contributed by atoms with E-state index in [1.165, 1.54) is 0 Å². The van der Waals surface area contributed by atoms with Crippen molar-refractivity contribution in [1.29, 1.82) is 0 Å². The van der Waals surface area contributed by atoms with Crippen LogP contribution in [-0.2, 0) is 4.74 Å². The van der Waals surface area contributed by atoms with E-state index in [9.17, 15) is 4.79 Å². The van der Waals surface area contributed by atoms with Crippen LogP contribution in [-0.4, -0.2) is 28.1 Å². The molecule has 3 N–H and O–H groups in total. The number of hydrazine groups is 1. The van der Waals surface area contributed by atoms with E-state index in [4.69, 9.17) is 5.84 Å². The average molecular weight is 213 g/mol. The fourth-order valence-corrected chi connectivity index (χ4v) is 0.489. The highest BCUT2D eigenvalue weighted by molar-refractivity contribution is 5.66. The van der Waals surface area contributed by atoms with Gasteiger partial charge in [-0.15, -0.1) is 10.2 Å². The van der Waals surface area contributed by atoms with Crippen LogP contribution < -0.4 is 11.3 Å². The van der Waals surface area contributed by atoms with E-state index in [2.05, 4.69) is 20.1 Å². The van der Waals surface area contributed by atoms with Crippen LogP contribution in [0.3, 0.4) is 0 Å². The van der Waals surface area contributed by atoms with Gasteiger partial charge in [-0.3, -0.25) is 5.43 Å². The van der Waals surface area contributed by atoms with Gasteiger partial charge in [-0.05, 0) is 17.2 Å². The van der Waals surface area contributed by atoms with Gasteiger partial charge in [0, 0.05) is 0 Å². The maximum absolute atomic E-state index is 10.3. The van der Waals surface area contributed by atoms with E-state index in [0.29, 0.717) is 12.5 Å². The van der Waals surface area contributed by atoms with E-state index in [0.717, 1.165) is 0 Å². The van der Waals surface area contributed by atoms with Crippen LogP contribution in [0.4, 0.5) is 4.79 Å². The minimum absolute atomic E-state index is 0.349. The van der Waals surface area contributed by atoms with Crippen LogP contribution in [0.5, 0.6) is 0 Å². The highest BCUT2D eigenvalue weighted by atomic mass is 16.5. The zero-order valence-corrected chi connectivity index (χ0v) is 8.75. The van der Waals surface area contributed by atoms with Gasteiger partial charge in [0.1, 0.15) is 0 Å². The molecule has 0 spiro atoms.